The van der Waals surface area contributed by atoms with Crippen molar-refractivity contribution in [2.75, 3.05) is 5.32 Å². The van der Waals surface area contributed by atoms with Crippen LogP contribution in [0, 0.1) is 0 Å². The normalized spacial score (nSPS) is 13.4. The minimum atomic E-state index is -0.739. The van der Waals surface area contributed by atoms with Crippen molar-refractivity contribution in [1.82, 2.24) is 0 Å². The van der Waals surface area contributed by atoms with Crippen LogP contribution < -0.4 is 5.32 Å². The van der Waals surface area contributed by atoms with Gasteiger partial charge in [0.2, 0.25) is 5.78 Å². The zero-order valence-corrected chi connectivity index (χ0v) is 16.1. The number of aliphatic hydroxyl groups excluding tert-OH is 1. The van der Waals surface area contributed by atoms with Crippen LogP contribution >= 0.6 is 0 Å². The Balaban J connectivity index is 1.59. The molecule has 0 amide bonds. The molecule has 0 aromatic heterocycles. The lowest BCUT2D eigenvalue weighted by Crippen LogP contribution is -2.27. The number of carbonyl (C=O) groups is 2. The summed E-state index contributed by atoms with van der Waals surface area (Å²) in [5.74, 6) is -1.57. The van der Waals surface area contributed by atoms with E-state index in [0.717, 1.165) is 24.0 Å². The van der Waals surface area contributed by atoms with E-state index in [1.54, 1.807) is 24.3 Å². The van der Waals surface area contributed by atoms with Crippen LogP contribution in [0.15, 0.2) is 78.5 Å². The fourth-order valence-corrected chi connectivity index (χ4v) is 3.52. The van der Waals surface area contributed by atoms with E-state index in [2.05, 4.69) is 36.5 Å². The van der Waals surface area contributed by atoms with Crippen LogP contribution in [0.5, 0.6) is 0 Å². The van der Waals surface area contributed by atoms with E-state index in [-0.39, 0.29) is 17.0 Å². The maximum absolute atomic E-state index is 12.4. The van der Waals surface area contributed by atoms with Crippen molar-refractivity contribution in [2.45, 2.75) is 19.8 Å². The topological polar surface area (TPSA) is 66.4 Å². The average molecular weight is 383 g/mol. The number of fused-ring (bicyclic) bond motifs is 1. The standard InChI is InChI=1S/C25H21NO3/c1-2-5-16-8-10-17(11-9-16)18-12-14-19(15-13-18)26-22-23(27)20-6-3-4-7-21(20)24(28)25(22)29/h3-4,6-15,26-27H,2,5H2,1H3. The maximum atomic E-state index is 12.4. The number of carbonyl (C=O) groups excluding carboxylic acids is 2. The summed E-state index contributed by atoms with van der Waals surface area (Å²) in [4.78, 5) is 24.8. The molecule has 29 heavy (non-hydrogen) atoms. The molecule has 0 saturated heterocycles. The molecule has 144 valence electrons. The Kier molecular flexibility index (Phi) is 5.00. The van der Waals surface area contributed by atoms with Gasteiger partial charge in [-0.25, -0.2) is 0 Å². The maximum Gasteiger partial charge on any atom is 0.253 e. The van der Waals surface area contributed by atoms with E-state index in [1.807, 2.05) is 24.3 Å². The third kappa shape index (κ3) is 3.57. The van der Waals surface area contributed by atoms with Gasteiger partial charge in [-0.15, -0.1) is 0 Å². The Morgan fingerprint density at radius 1 is 0.759 bits per heavy atom. The van der Waals surface area contributed by atoms with Crippen molar-refractivity contribution in [2.24, 2.45) is 0 Å². The van der Waals surface area contributed by atoms with Crippen LogP contribution in [0.3, 0.4) is 0 Å². The second kappa shape index (κ2) is 7.76. The van der Waals surface area contributed by atoms with Gasteiger partial charge in [-0.05, 0) is 35.2 Å². The first-order chi connectivity index (χ1) is 14.1. The van der Waals surface area contributed by atoms with E-state index in [9.17, 15) is 14.7 Å². The first-order valence-electron chi connectivity index (χ1n) is 9.66. The molecule has 4 nitrogen and oxygen atoms in total. The van der Waals surface area contributed by atoms with Gasteiger partial charge >= 0.3 is 0 Å². The van der Waals surface area contributed by atoms with Gasteiger partial charge in [0.05, 0.1) is 0 Å². The van der Waals surface area contributed by atoms with Gasteiger partial charge in [-0.2, -0.15) is 0 Å². The van der Waals surface area contributed by atoms with Crippen molar-refractivity contribution in [3.05, 3.63) is 95.2 Å². The number of aliphatic hydroxyl groups is 1. The van der Waals surface area contributed by atoms with Crippen LogP contribution in [0.2, 0.25) is 0 Å². The molecule has 0 atom stereocenters. The highest BCUT2D eigenvalue weighted by atomic mass is 16.3. The highest BCUT2D eigenvalue weighted by Gasteiger charge is 2.32. The number of benzene rings is 3. The van der Waals surface area contributed by atoms with Gasteiger partial charge in [0.1, 0.15) is 5.70 Å². The second-order valence-electron chi connectivity index (χ2n) is 7.08. The zero-order chi connectivity index (χ0) is 20.4. The Morgan fingerprint density at radius 3 is 1.97 bits per heavy atom. The molecule has 4 heteroatoms. The van der Waals surface area contributed by atoms with Gasteiger partial charge in [0.25, 0.3) is 5.78 Å². The first-order valence-corrected chi connectivity index (χ1v) is 9.66. The number of ketones is 2. The Labute approximate surface area is 169 Å². The SMILES string of the molecule is CCCc1ccc(-c2ccc(NC3=C(O)c4ccccc4C(=O)C3=O)cc2)cc1. The highest BCUT2D eigenvalue weighted by molar-refractivity contribution is 6.52. The largest absolute Gasteiger partial charge is 0.505 e. The van der Waals surface area contributed by atoms with Crippen LogP contribution in [0.1, 0.15) is 34.8 Å². The van der Waals surface area contributed by atoms with Crippen molar-refractivity contribution in [3.63, 3.8) is 0 Å². The molecule has 0 unspecified atom stereocenters. The molecule has 4 rings (SSSR count). The lowest BCUT2D eigenvalue weighted by Gasteiger charge is -2.19. The van der Waals surface area contributed by atoms with Gasteiger partial charge in [-0.1, -0.05) is 74.0 Å². The minimum absolute atomic E-state index is 0.0923. The van der Waals surface area contributed by atoms with Crippen LogP contribution in [0.4, 0.5) is 5.69 Å². The summed E-state index contributed by atoms with van der Waals surface area (Å²) in [5, 5.41) is 13.4. The Bertz CT molecular complexity index is 1110. The number of hydrogen-bond acceptors (Lipinski definition) is 4. The summed E-state index contributed by atoms with van der Waals surface area (Å²) in [6.07, 6.45) is 2.19. The molecule has 0 fully saturated rings. The number of hydrogen-bond donors (Lipinski definition) is 2. The molecular weight excluding hydrogens is 362 g/mol. The number of Topliss-reactive ketones (excluding diaryl/α,β-unsaturated/α-hetero) is 2. The van der Waals surface area contributed by atoms with Crippen LogP contribution in [-0.4, -0.2) is 16.7 Å². The third-order valence-electron chi connectivity index (χ3n) is 5.08. The molecular formula is C25H21NO3. The molecule has 1 aliphatic carbocycles. The molecule has 3 aromatic rings. The van der Waals surface area contributed by atoms with Gasteiger partial charge < -0.3 is 10.4 Å². The van der Waals surface area contributed by atoms with E-state index < -0.39 is 11.6 Å². The van der Waals surface area contributed by atoms with Gasteiger partial charge in [0, 0.05) is 16.8 Å². The summed E-state index contributed by atoms with van der Waals surface area (Å²) >= 11 is 0. The molecule has 0 bridgehead atoms. The summed E-state index contributed by atoms with van der Waals surface area (Å²) < 4.78 is 0. The number of allylic oxidation sites excluding steroid dienone is 1. The van der Waals surface area contributed by atoms with Crippen molar-refractivity contribution >= 4 is 23.0 Å². The lowest BCUT2D eigenvalue weighted by molar-refractivity contribution is -0.111. The smallest absolute Gasteiger partial charge is 0.253 e. The molecule has 0 aliphatic heterocycles. The summed E-state index contributed by atoms with van der Waals surface area (Å²) in [6, 6.07) is 22.6. The number of anilines is 1. The predicted octanol–water partition coefficient (Wildman–Crippen LogP) is 5.41. The van der Waals surface area contributed by atoms with Crippen LogP contribution in [0.25, 0.3) is 16.9 Å². The van der Waals surface area contributed by atoms with E-state index in [4.69, 9.17) is 0 Å². The van der Waals surface area contributed by atoms with Crippen LogP contribution in [-0.2, 0) is 11.2 Å². The van der Waals surface area contributed by atoms with E-state index in [1.165, 1.54) is 5.56 Å². The van der Waals surface area contributed by atoms with Crippen molar-refractivity contribution < 1.29 is 14.7 Å². The first kappa shape index (κ1) is 18.7. The molecule has 3 aromatic carbocycles. The van der Waals surface area contributed by atoms with Crippen molar-refractivity contribution in [3.8, 4) is 11.1 Å². The fourth-order valence-electron chi connectivity index (χ4n) is 3.52. The van der Waals surface area contributed by atoms with Crippen molar-refractivity contribution in [1.29, 1.82) is 0 Å². The third-order valence-corrected chi connectivity index (χ3v) is 5.08. The molecule has 0 saturated carbocycles. The summed E-state index contributed by atoms with van der Waals surface area (Å²) in [6.45, 7) is 2.16. The molecule has 1 aliphatic rings. The van der Waals surface area contributed by atoms with E-state index in [0.29, 0.717) is 11.3 Å². The lowest BCUT2D eigenvalue weighted by atomic mass is 9.91. The molecule has 0 spiro atoms. The van der Waals surface area contributed by atoms with Gasteiger partial charge in [-0.3, -0.25) is 9.59 Å². The number of nitrogens with one attached hydrogen (secondary N) is 1. The highest BCUT2D eigenvalue weighted by Crippen LogP contribution is 2.29. The van der Waals surface area contributed by atoms with E-state index >= 15 is 0 Å². The summed E-state index contributed by atoms with van der Waals surface area (Å²) in [5.41, 5.74) is 4.59. The molecule has 0 heterocycles. The number of aryl methyl sites for hydroxylation is 1. The molecule has 2 N–H and O–H groups in total. The Morgan fingerprint density at radius 2 is 1.34 bits per heavy atom. The average Bonchev–Trinajstić information content (AvgIpc) is 2.76. The quantitative estimate of drug-likeness (QED) is 0.578. The molecule has 0 radical (unpaired) electrons. The minimum Gasteiger partial charge on any atom is -0.505 e. The zero-order valence-electron chi connectivity index (χ0n) is 16.1. The van der Waals surface area contributed by atoms with Gasteiger partial charge in [0.15, 0.2) is 5.76 Å². The number of rotatable bonds is 5. The second-order valence-corrected chi connectivity index (χ2v) is 7.08. The summed E-state index contributed by atoms with van der Waals surface area (Å²) in [7, 11) is 0. The fraction of sp³-hybridized carbons (Fsp3) is 0.120. The monoisotopic (exact) mass is 383 g/mol. The predicted molar refractivity (Wildman–Crippen MR) is 115 cm³/mol. The Hall–Kier alpha value is -3.66.